The largest absolute Gasteiger partial charge is 0.379 e. The number of carbonyl (C=O) groups excluding carboxylic acids is 1. The van der Waals surface area contributed by atoms with Crippen molar-refractivity contribution in [2.45, 2.75) is 26.4 Å². The third kappa shape index (κ3) is 7.94. The Morgan fingerprint density at radius 1 is 1.07 bits per heavy atom. The van der Waals surface area contributed by atoms with Gasteiger partial charge >= 0.3 is 0 Å². The molecule has 0 radical (unpaired) electrons. The Bertz CT molecular complexity index is 876. The molecule has 7 heteroatoms. The van der Waals surface area contributed by atoms with Crippen molar-refractivity contribution in [1.29, 1.82) is 0 Å². The molecule has 0 saturated carbocycles. The van der Waals surface area contributed by atoms with Crippen molar-refractivity contribution in [3.63, 3.8) is 0 Å². The number of hydrogen-bond donors (Lipinski definition) is 2. The third-order valence-corrected chi connectivity index (χ3v) is 4.72. The predicted molar refractivity (Wildman–Crippen MR) is 112 cm³/mol. The quantitative estimate of drug-likeness (QED) is 0.594. The van der Waals surface area contributed by atoms with Crippen molar-refractivity contribution in [3.8, 4) is 0 Å². The highest BCUT2D eigenvalue weighted by Gasteiger charge is 2.08. The summed E-state index contributed by atoms with van der Waals surface area (Å²) in [7, 11) is -3.64. The van der Waals surface area contributed by atoms with Gasteiger partial charge in [-0.05, 0) is 56.2 Å². The third-order valence-electron chi connectivity index (χ3n) is 3.70. The topological polar surface area (TPSA) is 84.5 Å². The van der Waals surface area contributed by atoms with E-state index >= 15 is 0 Å². The Labute approximate surface area is 166 Å². The summed E-state index contributed by atoms with van der Waals surface area (Å²) in [5.74, 6) is -0.206. The highest BCUT2D eigenvalue weighted by atomic mass is 32.2. The number of benzene rings is 2. The molecule has 1 amide bonds. The van der Waals surface area contributed by atoms with Crippen molar-refractivity contribution >= 4 is 27.7 Å². The maximum Gasteiger partial charge on any atom is 0.255 e. The summed E-state index contributed by atoms with van der Waals surface area (Å²) in [6.07, 6.45) is 2.43. The Morgan fingerprint density at radius 2 is 1.75 bits per heavy atom. The fraction of sp³-hybridized carbons (Fsp3) is 0.286. The van der Waals surface area contributed by atoms with Crippen LogP contribution in [0.15, 0.2) is 60.0 Å². The molecule has 0 spiro atoms. The molecule has 0 aliphatic heterocycles. The first kappa shape index (κ1) is 21.7. The van der Waals surface area contributed by atoms with E-state index < -0.39 is 10.0 Å². The number of sulfonamides is 1. The van der Waals surface area contributed by atoms with Crippen molar-refractivity contribution in [2.24, 2.45) is 0 Å². The van der Waals surface area contributed by atoms with Gasteiger partial charge in [0.25, 0.3) is 15.9 Å². The minimum Gasteiger partial charge on any atom is -0.379 e. The maximum atomic E-state index is 12.2. The second kappa shape index (κ2) is 10.6. The molecule has 0 fully saturated rings. The van der Waals surface area contributed by atoms with E-state index in [0.29, 0.717) is 24.4 Å². The Morgan fingerprint density at radius 3 is 2.39 bits per heavy atom. The van der Waals surface area contributed by atoms with Crippen LogP contribution in [0.2, 0.25) is 0 Å². The van der Waals surface area contributed by atoms with Crippen LogP contribution >= 0.6 is 0 Å². The second-order valence-electron chi connectivity index (χ2n) is 6.47. The zero-order chi connectivity index (χ0) is 20.4. The van der Waals surface area contributed by atoms with Gasteiger partial charge in [-0.25, -0.2) is 8.42 Å². The normalized spacial score (nSPS) is 11.7. The molecule has 2 rings (SSSR count). The van der Waals surface area contributed by atoms with E-state index in [1.165, 1.54) is 6.08 Å². The van der Waals surface area contributed by atoms with Crippen molar-refractivity contribution in [2.75, 3.05) is 17.9 Å². The number of rotatable bonds is 10. The van der Waals surface area contributed by atoms with Gasteiger partial charge in [0, 0.05) is 24.4 Å². The molecule has 28 heavy (non-hydrogen) atoms. The van der Waals surface area contributed by atoms with E-state index in [1.54, 1.807) is 24.3 Å². The van der Waals surface area contributed by atoms with Crippen LogP contribution in [0.25, 0.3) is 6.08 Å². The van der Waals surface area contributed by atoms with Gasteiger partial charge in [-0.2, -0.15) is 0 Å². The molecule has 2 N–H and O–H groups in total. The molecule has 2 aromatic carbocycles. The summed E-state index contributed by atoms with van der Waals surface area (Å²) in [6.45, 7) is 5.04. The zero-order valence-corrected chi connectivity index (χ0v) is 16.9. The molecular formula is C21H26N2O4S. The van der Waals surface area contributed by atoms with Gasteiger partial charge in [-0.3, -0.25) is 9.52 Å². The number of ether oxygens (including phenoxy) is 1. The molecule has 150 valence electrons. The number of amides is 1. The summed E-state index contributed by atoms with van der Waals surface area (Å²) in [5, 5.41) is 3.92. The maximum absolute atomic E-state index is 12.2. The lowest BCUT2D eigenvalue weighted by Gasteiger charge is -2.09. The molecule has 0 saturated heterocycles. The zero-order valence-electron chi connectivity index (χ0n) is 16.1. The van der Waals surface area contributed by atoms with Crippen LogP contribution in [-0.2, 0) is 14.8 Å². The van der Waals surface area contributed by atoms with Gasteiger partial charge in [0.1, 0.15) is 0 Å². The molecule has 0 heterocycles. The monoisotopic (exact) mass is 402 g/mol. The Hall–Kier alpha value is -2.64. The van der Waals surface area contributed by atoms with Crippen LogP contribution < -0.4 is 10.0 Å². The van der Waals surface area contributed by atoms with Gasteiger partial charge < -0.3 is 10.1 Å². The first-order valence-electron chi connectivity index (χ1n) is 9.11. The lowest BCUT2D eigenvalue weighted by atomic mass is 10.2. The highest BCUT2D eigenvalue weighted by molar-refractivity contribution is 7.95. The van der Waals surface area contributed by atoms with Gasteiger partial charge in [0.05, 0.1) is 11.5 Å². The first-order valence-corrected chi connectivity index (χ1v) is 10.7. The summed E-state index contributed by atoms with van der Waals surface area (Å²) < 4.78 is 32.2. The predicted octanol–water partition coefficient (Wildman–Crippen LogP) is 3.64. The molecular weight excluding hydrogens is 376 g/mol. The van der Waals surface area contributed by atoms with Crippen LogP contribution in [0.3, 0.4) is 0 Å². The molecule has 0 aromatic heterocycles. The molecule has 0 unspecified atom stereocenters. The van der Waals surface area contributed by atoms with E-state index in [9.17, 15) is 13.2 Å². The van der Waals surface area contributed by atoms with Crippen molar-refractivity contribution in [1.82, 2.24) is 5.32 Å². The Balaban J connectivity index is 1.86. The van der Waals surface area contributed by atoms with E-state index in [-0.39, 0.29) is 12.0 Å². The van der Waals surface area contributed by atoms with Crippen LogP contribution in [0.1, 0.15) is 36.2 Å². The van der Waals surface area contributed by atoms with E-state index in [1.807, 2.05) is 44.2 Å². The Kier molecular flexibility index (Phi) is 8.22. The lowest BCUT2D eigenvalue weighted by molar-refractivity contribution is 0.0757. The van der Waals surface area contributed by atoms with Gasteiger partial charge in [-0.1, -0.05) is 30.3 Å². The minimum absolute atomic E-state index is 0.176. The van der Waals surface area contributed by atoms with E-state index in [0.717, 1.165) is 17.4 Å². The number of hydrogen-bond acceptors (Lipinski definition) is 4. The molecule has 0 atom stereocenters. The van der Waals surface area contributed by atoms with Crippen LogP contribution in [0, 0.1) is 0 Å². The SMILES string of the molecule is CC(C)OCCCNC(=O)c1ccc(NS(=O)(=O)C=Cc2ccccc2)cc1. The minimum atomic E-state index is -3.64. The van der Waals surface area contributed by atoms with Crippen LogP contribution in [-0.4, -0.2) is 33.6 Å². The van der Waals surface area contributed by atoms with Crippen LogP contribution in [0.5, 0.6) is 0 Å². The van der Waals surface area contributed by atoms with Crippen LogP contribution in [0.4, 0.5) is 5.69 Å². The van der Waals surface area contributed by atoms with E-state index in [2.05, 4.69) is 10.0 Å². The second-order valence-corrected chi connectivity index (χ2v) is 8.03. The lowest BCUT2D eigenvalue weighted by Crippen LogP contribution is -2.25. The van der Waals surface area contributed by atoms with Gasteiger partial charge in [0.15, 0.2) is 0 Å². The highest BCUT2D eigenvalue weighted by Crippen LogP contribution is 2.13. The first-order chi connectivity index (χ1) is 13.4. The fourth-order valence-electron chi connectivity index (χ4n) is 2.32. The van der Waals surface area contributed by atoms with Gasteiger partial charge in [-0.15, -0.1) is 0 Å². The summed E-state index contributed by atoms with van der Waals surface area (Å²) in [6, 6.07) is 15.4. The number of nitrogens with one attached hydrogen (secondary N) is 2. The van der Waals surface area contributed by atoms with E-state index in [4.69, 9.17) is 4.74 Å². The molecule has 0 aliphatic carbocycles. The van der Waals surface area contributed by atoms with Gasteiger partial charge in [0.2, 0.25) is 0 Å². The molecule has 0 bridgehead atoms. The summed E-state index contributed by atoms with van der Waals surface area (Å²) >= 11 is 0. The number of anilines is 1. The molecule has 0 aliphatic rings. The van der Waals surface area contributed by atoms with Crippen molar-refractivity contribution in [3.05, 3.63) is 71.1 Å². The average Bonchev–Trinajstić information content (AvgIpc) is 2.67. The average molecular weight is 403 g/mol. The smallest absolute Gasteiger partial charge is 0.255 e. The number of carbonyl (C=O) groups is 1. The summed E-state index contributed by atoms with van der Waals surface area (Å²) in [5.41, 5.74) is 1.64. The van der Waals surface area contributed by atoms with Crippen molar-refractivity contribution < 1.29 is 17.9 Å². The molecule has 6 nitrogen and oxygen atoms in total. The summed E-state index contributed by atoms with van der Waals surface area (Å²) in [4.78, 5) is 12.1. The molecule has 2 aromatic rings. The fourth-order valence-corrected chi connectivity index (χ4v) is 3.18. The standard InChI is InChI=1S/C21H26N2O4S/c1-17(2)27-15-6-14-22-21(24)19-9-11-20(12-10-19)23-28(25,26)16-13-18-7-4-3-5-8-18/h3-5,7-13,16-17,23H,6,14-15H2,1-2H3,(H,22,24).